The molecule has 1 aliphatic rings. The van der Waals surface area contributed by atoms with E-state index in [1.807, 2.05) is 0 Å². The van der Waals surface area contributed by atoms with E-state index in [0.717, 1.165) is 49.5 Å². The van der Waals surface area contributed by atoms with Gasteiger partial charge in [-0.15, -0.1) is 11.3 Å². The Hall–Kier alpha value is -2.46. The highest BCUT2D eigenvalue weighted by atomic mass is 32.1. The van der Waals surface area contributed by atoms with Gasteiger partial charge in [0.05, 0.1) is 5.56 Å². The molecule has 1 fully saturated rings. The van der Waals surface area contributed by atoms with Gasteiger partial charge in [0.2, 0.25) is 0 Å². The third-order valence-electron chi connectivity index (χ3n) is 4.54. The molecule has 0 atom stereocenters. The maximum Gasteiger partial charge on any atom is 0.416 e. The fourth-order valence-electron chi connectivity index (χ4n) is 3.04. The highest BCUT2D eigenvalue weighted by molar-refractivity contribution is 7.14. The Balaban J connectivity index is 1.50. The summed E-state index contributed by atoms with van der Waals surface area (Å²) in [6.45, 7) is 3.68. The van der Waals surface area contributed by atoms with Crippen LogP contribution in [0.15, 0.2) is 29.6 Å². The lowest BCUT2D eigenvalue weighted by Gasteiger charge is -2.13. The average molecular weight is 426 g/mol. The molecule has 0 bridgehead atoms. The minimum atomic E-state index is -4.53. The van der Waals surface area contributed by atoms with Crippen LogP contribution in [0.2, 0.25) is 0 Å². The van der Waals surface area contributed by atoms with E-state index < -0.39 is 17.6 Å². The number of hydrogen-bond donors (Lipinski definition) is 2. The van der Waals surface area contributed by atoms with E-state index in [1.54, 1.807) is 0 Å². The lowest BCUT2D eigenvalue weighted by atomic mass is 10.1. The van der Waals surface area contributed by atoms with Crippen molar-refractivity contribution in [3.05, 3.63) is 46.5 Å². The number of thiazole rings is 1. The van der Waals surface area contributed by atoms with Gasteiger partial charge in [-0.1, -0.05) is 6.07 Å². The van der Waals surface area contributed by atoms with Gasteiger partial charge < -0.3 is 10.2 Å². The molecule has 29 heavy (non-hydrogen) atoms. The number of alkyl halides is 3. The van der Waals surface area contributed by atoms with E-state index in [0.29, 0.717) is 6.54 Å². The number of benzene rings is 1. The number of nitrogens with one attached hydrogen (secondary N) is 2. The minimum Gasteiger partial charge on any atom is -0.351 e. The Morgan fingerprint density at radius 2 is 1.93 bits per heavy atom. The summed E-state index contributed by atoms with van der Waals surface area (Å²) in [6, 6.07) is 4.12. The van der Waals surface area contributed by atoms with E-state index in [1.165, 1.54) is 30.4 Å². The number of halogens is 3. The van der Waals surface area contributed by atoms with Gasteiger partial charge in [-0.05, 0) is 57.1 Å². The van der Waals surface area contributed by atoms with E-state index in [-0.39, 0.29) is 22.3 Å². The topological polar surface area (TPSA) is 74.3 Å². The first-order valence-corrected chi connectivity index (χ1v) is 10.2. The van der Waals surface area contributed by atoms with Crippen molar-refractivity contribution in [3.8, 4) is 0 Å². The molecule has 156 valence electrons. The molecule has 3 rings (SSSR count). The summed E-state index contributed by atoms with van der Waals surface area (Å²) in [6.07, 6.45) is -1.24. The number of carbonyl (C=O) groups is 2. The number of likely N-dealkylation sites (tertiary alicyclic amines) is 1. The van der Waals surface area contributed by atoms with Crippen molar-refractivity contribution in [1.29, 1.82) is 0 Å². The van der Waals surface area contributed by atoms with Crippen LogP contribution in [0.1, 0.15) is 45.7 Å². The standard InChI is InChI=1S/C19H21F3N4O2S/c20-19(21,22)14-6-3-5-13(11-14)16(27)25-18-24-15(12-29-18)17(28)23-7-4-10-26-8-1-2-9-26/h3,5-6,11-12H,1-2,4,7-10H2,(H,23,28)(H,24,25,27). The quantitative estimate of drug-likeness (QED) is 0.663. The Morgan fingerprint density at radius 3 is 2.66 bits per heavy atom. The van der Waals surface area contributed by atoms with Crippen LogP contribution in [-0.4, -0.2) is 47.9 Å². The number of amides is 2. The summed E-state index contributed by atoms with van der Waals surface area (Å²) < 4.78 is 38.3. The van der Waals surface area contributed by atoms with Crippen molar-refractivity contribution in [3.63, 3.8) is 0 Å². The summed E-state index contributed by atoms with van der Waals surface area (Å²) in [4.78, 5) is 30.7. The third kappa shape index (κ3) is 6.01. The predicted molar refractivity (Wildman–Crippen MR) is 104 cm³/mol. The van der Waals surface area contributed by atoms with Gasteiger partial charge >= 0.3 is 6.18 Å². The van der Waals surface area contributed by atoms with Crippen LogP contribution in [0, 0.1) is 0 Å². The monoisotopic (exact) mass is 426 g/mol. The smallest absolute Gasteiger partial charge is 0.351 e. The maximum absolute atomic E-state index is 12.8. The number of hydrogen-bond acceptors (Lipinski definition) is 5. The molecule has 1 saturated heterocycles. The zero-order valence-electron chi connectivity index (χ0n) is 15.6. The molecule has 0 aliphatic carbocycles. The number of rotatable bonds is 7. The third-order valence-corrected chi connectivity index (χ3v) is 5.30. The lowest BCUT2D eigenvalue weighted by Crippen LogP contribution is -2.28. The van der Waals surface area contributed by atoms with E-state index >= 15 is 0 Å². The molecular weight excluding hydrogens is 405 g/mol. The highest BCUT2D eigenvalue weighted by Gasteiger charge is 2.31. The molecule has 2 aromatic rings. The largest absolute Gasteiger partial charge is 0.416 e. The summed E-state index contributed by atoms with van der Waals surface area (Å²) in [5.74, 6) is -1.06. The van der Waals surface area contributed by atoms with Crippen molar-refractivity contribution in [2.45, 2.75) is 25.4 Å². The van der Waals surface area contributed by atoms with Gasteiger partial charge in [-0.2, -0.15) is 13.2 Å². The molecule has 0 spiro atoms. The second kappa shape index (κ2) is 9.36. The fourth-order valence-corrected chi connectivity index (χ4v) is 3.73. The van der Waals surface area contributed by atoms with Crippen LogP contribution in [0.25, 0.3) is 0 Å². The second-order valence-electron chi connectivity index (χ2n) is 6.73. The molecule has 10 heteroatoms. The normalized spacial score (nSPS) is 14.7. The number of carbonyl (C=O) groups excluding carboxylic acids is 2. The van der Waals surface area contributed by atoms with Crippen LogP contribution in [0.3, 0.4) is 0 Å². The zero-order valence-corrected chi connectivity index (χ0v) is 16.4. The lowest BCUT2D eigenvalue weighted by molar-refractivity contribution is -0.137. The molecule has 6 nitrogen and oxygen atoms in total. The zero-order chi connectivity index (χ0) is 20.9. The highest BCUT2D eigenvalue weighted by Crippen LogP contribution is 2.29. The average Bonchev–Trinajstić information content (AvgIpc) is 3.36. The maximum atomic E-state index is 12.8. The van der Waals surface area contributed by atoms with Gasteiger partial charge in [-0.25, -0.2) is 4.98 Å². The fraction of sp³-hybridized carbons (Fsp3) is 0.421. The summed E-state index contributed by atoms with van der Waals surface area (Å²) in [7, 11) is 0. The van der Waals surface area contributed by atoms with Gasteiger partial charge in [0, 0.05) is 17.5 Å². The minimum absolute atomic E-state index is 0.136. The molecule has 2 heterocycles. The van der Waals surface area contributed by atoms with Crippen molar-refractivity contribution in [2.75, 3.05) is 31.5 Å². The summed E-state index contributed by atoms with van der Waals surface area (Å²) in [5, 5.41) is 6.86. The van der Waals surface area contributed by atoms with Gasteiger partial charge in [0.1, 0.15) is 5.69 Å². The van der Waals surface area contributed by atoms with Crippen LogP contribution in [0.5, 0.6) is 0 Å². The van der Waals surface area contributed by atoms with Crippen LogP contribution < -0.4 is 10.6 Å². The molecule has 1 aliphatic heterocycles. The van der Waals surface area contributed by atoms with Crippen molar-refractivity contribution in [2.24, 2.45) is 0 Å². The molecular formula is C19H21F3N4O2S. The molecule has 0 unspecified atom stereocenters. The molecule has 1 aromatic carbocycles. The molecule has 1 aromatic heterocycles. The summed E-state index contributed by atoms with van der Waals surface area (Å²) in [5.41, 5.74) is -0.878. The first-order valence-electron chi connectivity index (χ1n) is 9.27. The first kappa shape index (κ1) is 21.3. The van der Waals surface area contributed by atoms with Crippen LogP contribution in [-0.2, 0) is 6.18 Å². The van der Waals surface area contributed by atoms with E-state index in [9.17, 15) is 22.8 Å². The number of anilines is 1. The van der Waals surface area contributed by atoms with Crippen molar-refractivity contribution < 1.29 is 22.8 Å². The Morgan fingerprint density at radius 1 is 1.17 bits per heavy atom. The summed E-state index contributed by atoms with van der Waals surface area (Å²) >= 11 is 1.04. The molecule has 0 radical (unpaired) electrons. The first-order chi connectivity index (χ1) is 13.8. The van der Waals surface area contributed by atoms with E-state index in [2.05, 4.69) is 20.5 Å². The van der Waals surface area contributed by atoms with Gasteiger partial charge in [0.25, 0.3) is 11.8 Å². The molecule has 2 N–H and O–H groups in total. The van der Waals surface area contributed by atoms with Crippen molar-refractivity contribution >= 4 is 28.3 Å². The Labute approximate surface area is 170 Å². The Bertz CT molecular complexity index is 863. The van der Waals surface area contributed by atoms with Gasteiger partial charge in [0.15, 0.2) is 5.13 Å². The van der Waals surface area contributed by atoms with Crippen LogP contribution in [0.4, 0.5) is 18.3 Å². The van der Waals surface area contributed by atoms with Gasteiger partial charge in [-0.3, -0.25) is 14.9 Å². The molecule has 0 saturated carbocycles. The molecule has 2 amide bonds. The Kier molecular flexibility index (Phi) is 6.86. The van der Waals surface area contributed by atoms with E-state index in [4.69, 9.17) is 0 Å². The SMILES string of the molecule is O=C(Nc1nc(C(=O)NCCCN2CCCC2)cs1)c1cccc(C(F)(F)F)c1. The second-order valence-corrected chi connectivity index (χ2v) is 7.59. The predicted octanol–water partition coefficient (Wildman–Crippen LogP) is 3.63. The van der Waals surface area contributed by atoms with Crippen molar-refractivity contribution in [1.82, 2.24) is 15.2 Å². The number of aromatic nitrogens is 1. The van der Waals surface area contributed by atoms with Crippen LogP contribution >= 0.6 is 11.3 Å². The number of nitrogens with zero attached hydrogens (tertiary/aromatic N) is 2.